The molecule has 0 unspecified atom stereocenters. The van der Waals surface area contributed by atoms with Crippen LogP contribution < -0.4 is 4.74 Å². The lowest BCUT2D eigenvalue weighted by Gasteiger charge is -2.37. The molecule has 6 nitrogen and oxygen atoms in total. The summed E-state index contributed by atoms with van der Waals surface area (Å²) in [5.74, 6) is 0.990. The molecule has 1 saturated heterocycles. The fourth-order valence-electron chi connectivity index (χ4n) is 3.22. The second kappa shape index (κ2) is 7.81. The molecule has 30 heavy (non-hydrogen) atoms. The predicted molar refractivity (Wildman–Crippen MR) is 101 cm³/mol. The number of alkyl halides is 3. The maximum Gasteiger partial charge on any atom is 0.416 e. The van der Waals surface area contributed by atoms with Crippen molar-refractivity contribution in [2.75, 3.05) is 20.2 Å². The Bertz CT molecular complexity index is 1040. The fraction of sp³-hybridized carbons (Fsp3) is 0.286. The third kappa shape index (κ3) is 4.14. The molecule has 9 heteroatoms. The van der Waals surface area contributed by atoms with E-state index in [-0.39, 0.29) is 29.6 Å². The first-order valence-corrected chi connectivity index (χ1v) is 9.25. The second-order valence-electron chi connectivity index (χ2n) is 7.06. The number of amides is 1. The number of nitrogens with zero attached hydrogens (tertiary/aromatic N) is 3. The number of carbonyl (C=O) groups excluding carboxylic acids is 1. The first kappa shape index (κ1) is 19.9. The Morgan fingerprint density at radius 1 is 1.20 bits per heavy atom. The average molecular weight is 417 g/mol. The first-order chi connectivity index (χ1) is 14.3. The number of carbonyl (C=O) groups is 1. The van der Waals surface area contributed by atoms with Gasteiger partial charge >= 0.3 is 6.18 Å². The third-order valence-electron chi connectivity index (χ3n) is 4.99. The van der Waals surface area contributed by atoms with Crippen molar-refractivity contribution >= 4 is 5.91 Å². The Balaban J connectivity index is 1.36. The molecule has 0 saturated carbocycles. The molecule has 1 aromatic heterocycles. The highest BCUT2D eigenvalue weighted by atomic mass is 19.4. The van der Waals surface area contributed by atoms with Gasteiger partial charge in [-0.1, -0.05) is 29.4 Å². The highest BCUT2D eigenvalue weighted by Gasteiger charge is 2.36. The Morgan fingerprint density at radius 2 is 1.93 bits per heavy atom. The minimum atomic E-state index is -4.44. The van der Waals surface area contributed by atoms with Crippen LogP contribution >= 0.6 is 0 Å². The van der Waals surface area contributed by atoms with Crippen LogP contribution in [0, 0.1) is 0 Å². The van der Waals surface area contributed by atoms with E-state index in [1.807, 2.05) is 12.1 Å². The lowest BCUT2D eigenvalue weighted by Crippen LogP contribution is -2.49. The van der Waals surface area contributed by atoms with Crippen LogP contribution in [0.25, 0.3) is 11.4 Å². The van der Waals surface area contributed by atoms with Crippen molar-refractivity contribution in [3.63, 3.8) is 0 Å². The molecule has 0 N–H and O–H groups in total. The van der Waals surface area contributed by atoms with Crippen LogP contribution in [0.4, 0.5) is 13.2 Å². The molecule has 1 aliphatic rings. The molecular formula is C21H18F3N3O3. The van der Waals surface area contributed by atoms with Crippen molar-refractivity contribution in [1.82, 2.24) is 15.0 Å². The zero-order valence-corrected chi connectivity index (χ0v) is 16.0. The van der Waals surface area contributed by atoms with Crippen LogP contribution in [0.15, 0.2) is 53.1 Å². The number of rotatable bonds is 5. The van der Waals surface area contributed by atoms with Crippen molar-refractivity contribution in [3.8, 4) is 17.1 Å². The van der Waals surface area contributed by atoms with Crippen LogP contribution in [0.2, 0.25) is 0 Å². The average Bonchev–Trinajstić information content (AvgIpc) is 3.16. The van der Waals surface area contributed by atoms with Crippen molar-refractivity contribution in [3.05, 3.63) is 65.5 Å². The Kier molecular flexibility index (Phi) is 5.19. The lowest BCUT2D eigenvalue weighted by molar-refractivity contribution is -0.137. The van der Waals surface area contributed by atoms with Gasteiger partial charge in [-0.2, -0.15) is 18.2 Å². The number of hydrogen-bond acceptors (Lipinski definition) is 5. The van der Waals surface area contributed by atoms with E-state index >= 15 is 0 Å². The molecule has 1 aliphatic heterocycles. The van der Waals surface area contributed by atoms with Gasteiger partial charge in [-0.25, -0.2) is 0 Å². The smallest absolute Gasteiger partial charge is 0.416 e. The summed E-state index contributed by atoms with van der Waals surface area (Å²) < 4.78 is 49.0. The highest BCUT2D eigenvalue weighted by molar-refractivity contribution is 5.79. The van der Waals surface area contributed by atoms with Gasteiger partial charge in [0.05, 0.1) is 25.0 Å². The number of hydrogen-bond donors (Lipinski definition) is 0. The minimum Gasteiger partial charge on any atom is -0.497 e. The third-order valence-corrected chi connectivity index (χ3v) is 4.99. The molecule has 0 atom stereocenters. The molecule has 1 amide bonds. The summed E-state index contributed by atoms with van der Waals surface area (Å²) >= 11 is 0. The fourth-order valence-corrected chi connectivity index (χ4v) is 3.22. The molecule has 0 radical (unpaired) electrons. The summed E-state index contributed by atoms with van der Waals surface area (Å²) in [6.45, 7) is 0.860. The molecule has 1 fully saturated rings. The molecule has 3 aromatic rings. The summed E-state index contributed by atoms with van der Waals surface area (Å²) in [4.78, 5) is 18.3. The number of likely N-dealkylation sites (tertiary alicyclic amines) is 1. The van der Waals surface area contributed by atoms with Gasteiger partial charge < -0.3 is 14.2 Å². The molecule has 2 aromatic carbocycles. The SMILES string of the molecule is COc1ccc(CC(=O)N2CC(c3nc(-c4cccc(C(F)(F)F)c4)no3)C2)cc1. The van der Waals surface area contributed by atoms with Gasteiger partial charge in [0.15, 0.2) is 0 Å². The van der Waals surface area contributed by atoms with Gasteiger partial charge in [0.2, 0.25) is 17.6 Å². The Hall–Kier alpha value is -3.36. The van der Waals surface area contributed by atoms with E-state index in [4.69, 9.17) is 9.26 Å². The lowest BCUT2D eigenvalue weighted by atomic mass is 9.98. The van der Waals surface area contributed by atoms with E-state index in [1.54, 1.807) is 24.1 Å². The van der Waals surface area contributed by atoms with Crippen LogP contribution in [-0.2, 0) is 17.4 Å². The van der Waals surface area contributed by atoms with Crippen molar-refractivity contribution in [2.24, 2.45) is 0 Å². The van der Waals surface area contributed by atoms with Crippen LogP contribution in [0.1, 0.15) is 22.9 Å². The Labute approximate surface area is 170 Å². The van der Waals surface area contributed by atoms with E-state index in [1.165, 1.54) is 12.1 Å². The predicted octanol–water partition coefficient (Wildman–Crippen LogP) is 3.93. The molecule has 4 rings (SSSR count). The number of ether oxygens (including phenoxy) is 1. The van der Waals surface area contributed by atoms with E-state index in [0.29, 0.717) is 19.0 Å². The van der Waals surface area contributed by atoms with Crippen LogP contribution in [-0.4, -0.2) is 41.1 Å². The van der Waals surface area contributed by atoms with Gasteiger partial charge in [-0.3, -0.25) is 4.79 Å². The summed E-state index contributed by atoms with van der Waals surface area (Å²) in [6, 6.07) is 12.1. The van der Waals surface area contributed by atoms with Crippen molar-refractivity contribution < 1.29 is 27.2 Å². The van der Waals surface area contributed by atoms with Crippen molar-refractivity contribution in [1.29, 1.82) is 0 Å². The molecule has 0 bridgehead atoms. The maximum absolute atomic E-state index is 12.9. The van der Waals surface area contributed by atoms with Gasteiger partial charge in [0.25, 0.3) is 0 Å². The number of aromatic nitrogens is 2. The first-order valence-electron chi connectivity index (χ1n) is 9.25. The van der Waals surface area contributed by atoms with Gasteiger partial charge in [-0.05, 0) is 29.8 Å². The Morgan fingerprint density at radius 3 is 2.60 bits per heavy atom. The zero-order chi connectivity index (χ0) is 21.3. The number of halogens is 3. The van der Waals surface area contributed by atoms with Crippen LogP contribution in [0.5, 0.6) is 5.75 Å². The molecule has 0 aliphatic carbocycles. The standard InChI is InChI=1S/C21H18F3N3O3/c1-29-17-7-5-13(6-8-17)9-18(28)27-11-15(12-27)20-25-19(26-30-20)14-3-2-4-16(10-14)21(22,23)24/h2-8,10,15H,9,11-12H2,1H3. The van der Waals surface area contributed by atoms with E-state index in [2.05, 4.69) is 10.1 Å². The minimum absolute atomic E-state index is 0.0194. The zero-order valence-electron chi connectivity index (χ0n) is 16.0. The quantitative estimate of drug-likeness (QED) is 0.629. The topological polar surface area (TPSA) is 68.5 Å². The van der Waals surface area contributed by atoms with Gasteiger partial charge in [0.1, 0.15) is 5.75 Å². The normalized spacial score (nSPS) is 14.5. The van der Waals surface area contributed by atoms with E-state index < -0.39 is 11.7 Å². The van der Waals surface area contributed by atoms with Crippen LogP contribution in [0.3, 0.4) is 0 Å². The molecular weight excluding hydrogens is 399 g/mol. The summed E-state index contributed by atoms with van der Waals surface area (Å²) in [5, 5.41) is 3.80. The summed E-state index contributed by atoms with van der Waals surface area (Å²) in [6.07, 6.45) is -4.17. The van der Waals surface area contributed by atoms with Gasteiger partial charge in [0, 0.05) is 18.7 Å². The summed E-state index contributed by atoms with van der Waals surface area (Å²) in [5.41, 5.74) is 0.339. The largest absolute Gasteiger partial charge is 0.497 e. The number of benzene rings is 2. The monoisotopic (exact) mass is 417 g/mol. The van der Waals surface area contributed by atoms with Gasteiger partial charge in [-0.15, -0.1) is 0 Å². The highest BCUT2D eigenvalue weighted by Crippen LogP contribution is 2.32. The van der Waals surface area contributed by atoms with E-state index in [9.17, 15) is 18.0 Å². The molecule has 2 heterocycles. The van der Waals surface area contributed by atoms with E-state index in [0.717, 1.165) is 23.4 Å². The second-order valence-corrected chi connectivity index (χ2v) is 7.06. The molecule has 0 spiro atoms. The molecule has 156 valence electrons. The number of methoxy groups -OCH3 is 1. The van der Waals surface area contributed by atoms with Crippen molar-refractivity contribution in [2.45, 2.75) is 18.5 Å². The summed E-state index contributed by atoms with van der Waals surface area (Å²) in [7, 11) is 1.58. The maximum atomic E-state index is 12.9.